The first-order valence-electron chi connectivity index (χ1n) is 12.1. The van der Waals surface area contributed by atoms with E-state index in [9.17, 15) is 35.9 Å². The molecule has 1 fully saturated rings. The Morgan fingerprint density at radius 1 is 0.949 bits per heavy atom. The Morgan fingerprint density at radius 3 is 2.08 bits per heavy atom. The first-order valence-corrected chi connectivity index (χ1v) is 12.9. The van der Waals surface area contributed by atoms with Crippen LogP contribution in [0.4, 0.5) is 26.3 Å². The molecule has 1 aliphatic rings. The Morgan fingerprint density at radius 2 is 1.54 bits per heavy atom. The predicted molar refractivity (Wildman–Crippen MR) is 137 cm³/mol. The highest BCUT2D eigenvalue weighted by Gasteiger charge is 2.38. The number of halogens is 8. The molecule has 1 N–H and O–H groups in total. The third-order valence-corrected chi connectivity index (χ3v) is 7.24. The summed E-state index contributed by atoms with van der Waals surface area (Å²) in [5, 5.41) is 3.37. The lowest BCUT2D eigenvalue weighted by Crippen LogP contribution is -2.38. The fraction of sp³-hybridized carbons (Fsp3) is 0.407. The molecule has 212 valence electrons. The quantitative estimate of drug-likeness (QED) is 0.263. The first kappa shape index (κ1) is 30.8. The molecule has 0 heterocycles. The van der Waals surface area contributed by atoms with Gasteiger partial charge in [0.25, 0.3) is 5.91 Å². The third kappa shape index (κ3) is 8.63. The molecule has 0 radical (unpaired) electrons. The molecule has 2 aromatic rings. The van der Waals surface area contributed by atoms with Gasteiger partial charge in [0.2, 0.25) is 5.91 Å². The molecule has 0 aliphatic heterocycles. The maximum Gasteiger partial charge on any atom is 0.416 e. The van der Waals surface area contributed by atoms with Gasteiger partial charge in [-0.05, 0) is 55.2 Å². The van der Waals surface area contributed by atoms with Crippen LogP contribution in [0.15, 0.2) is 48.6 Å². The highest BCUT2D eigenvalue weighted by atomic mass is 35.5. The zero-order valence-corrected chi connectivity index (χ0v) is 22.3. The van der Waals surface area contributed by atoms with E-state index in [4.69, 9.17) is 23.2 Å². The number of carbonyl (C=O) groups excluding carboxylic acids is 2. The van der Waals surface area contributed by atoms with Gasteiger partial charge in [0, 0.05) is 24.7 Å². The molecular formula is C27H26Cl2F6N2O2. The molecule has 2 amide bonds. The molecule has 0 bridgehead atoms. The number of hydrogen-bond acceptors (Lipinski definition) is 2. The summed E-state index contributed by atoms with van der Waals surface area (Å²) in [5.74, 6) is -1.51. The summed E-state index contributed by atoms with van der Waals surface area (Å²) >= 11 is 12.0. The number of benzene rings is 2. The third-order valence-electron chi connectivity index (χ3n) is 6.50. The van der Waals surface area contributed by atoms with E-state index >= 15 is 0 Å². The normalized spacial score (nSPS) is 15.8. The van der Waals surface area contributed by atoms with Crippen LogP contribution in [0.25, 0.3) is 0 Å². The van der Waals surface area contributed by atoms with E-state index in [2.05, 4.69) is 5.32 Å². The van der Waals surface area contributed by atoms with Crippen LogP contribution in [0.1, 0.15) is 59.2 Å². The van der Waals surface area contributed by atoms with Crippen molar-refractivity contribution in [2.75, 3.05) is 7.05 Å². The second-order valence-electron chi connectivity index (χ2n) is 9.43. The van der Waals surface area contributed by atoms with Crippen LogP contribution in [-0.4, -0.2) is 35.8 Å². The zero-order valence-electron chi connectivity index (χ0n) is 20.8. The van der Waals surface area contributed by atoms with Gasteiger partial charge in [-0.3, -0.25) is 9.59 Å². The number of likely N-dealkylation sites (N-methyl/N-ethyl adjacent to an activating group) is 1. The lowest BCUT2D eigenvalue weighted by molar-refractivity contribution is -0.143. The van der Waals surface area contributed by atoms with Gasteiger partial charge >= 0.3 is 12.4 Å². The molecule has 4 nitrogen and oxygen atoms in total. The van der Waals surface area contributed by atoms with Crippen molar-refractivity contribution in [2.24, 2.45) is 0 Å². The largest absolute Gasteiger partial charge is 0.416 e. The van der Waals surface area contributed by atoms with Gasteiger partial charge in [0.15, 0.2) is 0 Å². The monoisotopic (exact) mass is 594 g/mol. The number of carbonyl (C=O) groups is 2. The molecule has 0 aromatic heterocycles. The lowest BCUT2D eigenvalue weighted by atomic mass is 9.95. The van der Waals surface area contributed by atoms with Crippen molar-refractivity contribution in [2.45, 2.75) is 63.0 Å². The molecule has 0 spiro atoms. The number of amides is 2. The van der Waals surface area contributed by atoms with Crippen LogP contribution in [0.3, 0.4) is 0 Å². The molecular weight excluding hydrogens is 569 g/mol. The molecule has 3 rings (SSSR count). The number of nitrogens with one attached hydrogen (secondary N) is 1. The van der Waals surface area contributed by atoms with Crippen molar-refractivity contribution in [1.29, 1.82) is 0 Å². The van der Waals surface area contributed by atoms with Crippen LogP contribution in [0, 0.1) is 0 Å². The number of hydrogen-bond donors (Lipinski definition) is 1. The average Bonchev–Trinajstić information content (AvgIpc) is 2.87. The average molecular weight is 595 g/mol. The van der Waals surface area contributed by atoms with E-state index in [1.165, 1.54) is 31.3 Å². The van der Waals surface area contributed by atoms with E-state index in [0.29, 0.717) is 17.7 Å². The van der Waals surface area contributed by atoms with E-state index < -0.39 is 46.9 Å². The maximum atomic E-state index is 13.3. The van der Waals surface area contributed by atoms with Crippen molar-refractivity contribution in [3.05, 3.63) is 80.8 Å². The van der Waals surface area contributed by atoms with E-state index in [0.717, 1.165) is 37.0 Å². The Kier molecular flexibility index (Phi) is 9.98. The van der Waals surface area contributed by atoms with Crippen LogP contribution in [-0.2, 0) is 23.6 Å². The van der Waals surface area contributed by atoms with Gasteiger partial charge in [0.1, 0.15) is 0 Å². The molecule has 0 unspecified atom stereocenters. The molecule has 1 saturated carbocycles. The van der Waals surface area contributed by atoms with Crippen molar-refractivity contribution in [3.8, 4) is 0 Å². The fourth-order valence-electron chi connectivity index (χ4n) is 4.37. The molecule has 1 aliphatic carbocycles. The number of rotatable bonds is 7. The fourth-order valence-corrected chi connectivity index (χ4v) is 4.69. The molecule has 1 atom stereocenters. The van der Waals surface area contributed by atoms with Gasteiger partial charge in [-0.15, -0.1) is 0 Å². The summed E-state index contributed by atoms with van der Waals surface area (Å²) in [7, 11) is 1.24. The Bertz CT molecular complexity index is 1190. The van der Waals surface area contributed by atoms with Gasteiger partial charge in [-0.1, -0.05) is 54.6 Å². The van der Waals surface area contributed by atoms with Crippen molar-refractivity contribution in [3.63, 3.8) is 0 Å². The molecule has 0 saturated heterocycles. The maximum absolute atomic E-state index is 13.3. The van der Waals surface area contributed by atoms with Crippen LogP contribution >= 0.6 is 23.2 Å². The Balaban J connectivity index is 1.93. The molecule has 2 aromatic carbocycles. The van der Waals surface area contributed by atoms with Crippen molar-refractivity contribution >= 4 is 35.0 Å². The zero-order chi connectivity index (χ0) is 29.0. The van der Waals surface area contributed by atoms with Gasteiger partial charge < -0.3 is 10.2 Å². The summed E-state index contributed by atoms with van der Waals surface area (Å²) < 4.78 is 80.1. The first-order chi connectivity index (χ1) is 18.1. The summed E-state index contributed by atoms with van der Waals surface area (Å²) in [4.78, 5) is 26.8. The van der Waals surface area contributed by atoms with E-state index in [-0.39, 0.29) is 28.6 Å². The molecule has 39 heavy (non-hydrogen) atoms. The summed E-state index contributed by atoms with van der Waals surface area (Å²) in [6.45, 7) is 0. The van der Waals surface area contributed by atoms with Gasteiger partial charge in [-0.2, -0.15) is 26.3 Å². The summed E-state index contributed by atoms with van der Waals surface area (Å²) in [6, 6.07) is 4.46. The van der Waals surface area contributed by atoms with Crippen molar-refractivity contribution in [1.82, 2.24) is 10.2 Å². The topological polar surface area (TPSA) is 49.4 Å². The highest BCUT2D eigenvalue weighted by Crippen LogP contribution is 2.36. The second-order valence-corrected chi connectivity index (χ2v) is 10.2. The van der Waals surface area contributed by atoms with Crippen LogP contribution in [0.2, 0.25) is 10.0 Å². The molecule has 12 heteroatoms. The minimum absolute atomic E-state index is 0.00896. The second kappa shape index (κ2) is 12.6. The predicted octanol–water partition coefficient (Wildman–Crippen LogP) is 7.72. The van der Waals surface area contributed by atoms with Gasteiger partial charge in [-0.25, -0.2) is 0 Å². The van der Waals surface area contributed by atoms with Crippen LogP contribution < -0.4 is 5.32 Å². The number of alkyl halides is 6. The standard InChI is InChI=1S/C27H26Cl2F6N2O2/c1-37(25(39)17-13-18(26(30,31)32)15-19(14-17)27(33,34)35)21(11-16-7-9-22(28)23(29)12-16)8-10-24(38)36-20-5-3-2-4-6-20/h7-10,12-15,20-21H,2-6,11H2,1H3,(H,36,38)/t21-/m0/s1. The minimum atomic E-state index is -5.11. The van der Waals surface area contributed by atoms with E-state index in [1.54, 1.807) is 6.07 Å². The van der Waals surface area contributed by atoms with Gasteiger partial charge in [0.05, 0.1) is 27.2 Å². The van der Waals surface area contributed by atoms with Crippen molar-refractivity contribution < 1.29 is 35.9 Å². The van der Waals surface area contributed by atoms with E-state index in [1.807, 2.05) is 0 Å². The van der Waals surface area contributed by atoms with Crippen LogP contribution in [0.5, 0.6) is 0 Å². The lowest BCUT2D eigenvalue weighted by Gasteiger charge is -2.27. The Labute approximate surface area is 231 Å². The summed E-state index contributed by atoms with van der Waals surface area (Å²) in [6.07, 6.45) is -2.82. The highest BCUT2D eigenvalue weighted by molar-refractivity contribution is 6.42. The minimum Gasteiger partial charge on any atom is -0.350 e. The number of nitrogens with zero attached hydrogens (tertiary/aromatic N) is 1. The smallest absolute Gasteiger partial charge is 0.350 e. The Hall–Kier alpha value is -2.72. The summed E-state index contributed by atoms with van der Waals surface area (Å²) in [5.41, 5.74) is -3.42. The SMILES string of the molecule is CN(C(=O)c1cc(C(F)(F)F)cc(C(F)(F)F)c1)[C@@H](C=CC(=O)NC1CCCCC1)Cc1ccc(Cl)c(Cl)c1.